The Hall–Kier alpha value is -2.59. The van der Waals surface area contributed by atoms with Crippen molar-refractivity contribution in [2.45, 2.75) is 26.4 Å². The first-order valence-corrected chi connectivity index (χ1v) is 9.95. The van der Waals surface area contributed by atoms with Gasteiger partial charge in [0.15, 0.2) is 0 Å². The molecule has 0 bridgehead atoms. The van der Waals surface area contributed by atoms with E-state index in [1.54, 1.807) is 0 Å². The number of fused-ring (bicyclic) bond motifs is 3. The fraction of sp³-hybridized carbons (Fsp3) is 0.174. The molecule has 3 nitrogen and oxygen atoms in total. The van der Waals surface area contributed by atoms with Crippen LogP contribution in [0.15, 0.2) is 71.2 Å². The quantitative estimate of drug-likeness (QED) is 0.427. The minimum atomic E-state index is -0.0791. The molecule has 0 saturated carbocycles. The van der Waals surface area contributed by atoms with Crippen molar-refractivity contribution in [2.75, 3.05) is 0 Å². The number of aryl methyl sites for hydroxylation is 1. The fourth-order valence-electron chi connectivity index (χ4n) is 3.67. The molecule has 0 aliphatic heterocycles. The molecular formula is C23H21BrN2O. The Morgan fingerprint density at radius 3 is 2.56 bits per heavy atom. The number of para-hydroxylation sites is 1. The van der Waals surface area contributed by atoms with Crippen LogP contribution < -0.4 is 5.32 Å². The molecule has 0 fully saturated rings. The molecule has 136 valence electrons. The number of aromatic nitrogens is 1. The number of carbonyl (C=O) groups excluding carboxylic acids is 1. The molecule has 1 aromatic heterocycles. The Balaban J connectivity index is 1.69. The summed E-state index contributed by atoms with van der Waals surface area (Å²) in [5, 5.41) is 5.59. The van der Waals surface area contributed by atoms with E-state index in [0.29, 0.717) is 5.56 Å². The van der Waals surface area contributed by atoms with Crippen molar-refractivity contribution < 1.29 is 4.79 Å². The molecule has 0 saturated heterocycles. The topological polar surface area (TPSA) is 34.0 Å². The van der Waals surface area contributed by atoms with E-state index in [1.807, 2.05) is 31.2 Å². The zero-order valence-electron chi connectivity index (χ0n) is 15.4. The Morgan fingerprint density at radius 1 is 1.00 bits per heavy atom. The molecule has 1 amide bonds. The van der Waals surface area contributed by atoms with Crippen molar-refractivity contribution in [3.8, 4) is 0 Å². The first-order chi connectivity index (χ1) is 13.1. The summed E-state index contributed by atoms with van der Waals surface area (Å²) in [5.41, 5.74) is 4.23. The maximum atomic E-state index is 12.6. The SMILES string of the molecule is CCn1c2ccccc2c2cc([C@H](C)NC(=O)c3cccc(Br)c3)ccc21. The number of benzene rings is 3. The third kappa shape index (κ3) is 3.26. The van der Waals surface area contributed by atoms with Gasteiger partial charge in [0.05, 0.1) is 6.04 Å². The summed E-state index contributed by atoms with van der Waals surface area (Å²) in [6, 6.07) is 22.3. The van der Waals surface area contributed by atoms with Gasteiger partial charge in [0.25, 0.3) is 5.91 Å². The summed E-state index contributed by atoms with van der Waals surface area (Å²) in [5.74, 6) is -0.0696. The Morgan fingerprint density at radius 2 is 1.78 bits per heavy atom. The predicted octanol–water partition coefficient (Wildman–Crippen LogP) is 6.07. The van der Waals surface area contributed by atoms with Gasteiger partial charge in [-0.25, -0.2) is 0 Å². The van der Waals surface area contributed by atoms with Crippen molar-refractivity contribution in [3.63, 3.8) is 0 Å². The molecule has 0 spiro atoms. The third-order valence-electron chi connectivity index (χ3n) is 5.05. The molecule has 4 aromatic rings. The summed E-state index contributed by atoms with van der Waals surface area (Å²) in [7, 11) is 0. The van der Waals surface area contributed by atoms with E-state index in [0.717, 1.165) is 16.6 Å². The van der Waals surface area contributed by atoms with Gasteiger partial charge >= 0.3 is 0 Å². The number of amides is 1. The highest BCUT2D eigenvalue weighted by Gasteiger charge is 2.15. The molecule has 1 atom stereocenters. The number of nitrogens with one attached hydrogen (secondary N) is 1. The molecule has 1 heterocycles. The Labute approximate surface area is 167 Å². The van der Waals surface area contributed by atoms with Crippen LogP contribution in [0.2, 0.25) is 0 Å². The normalized spacial score (nSPS) is 12.4. The Kier molecular flexibility index (Phi) is 4.75. The predicted molar refractivity (Wildman–Crippen MR) is 115 cm³/mol. The maximum absolute atomic E-state index is 12.6. The first-order valence-electron chi connectivity index (χ1n) is 9.16. The lowest BCUT2D eigenvalue weighted by Gasteiger charge is -2.15. The van der Waals surface area contributed by atoms with Crippen LogP contribution >= 0.6 is 15.9 Å². The molecule has 0 aliphatic rings. The van der Waals surface area contributed by atoms with Crippen molar-refractivity contribution in [3.05, 3.63) is 82.3 Å². The lowest BCUT2D eigenvalue weighted by molar-refractivity contribution is 0.0940. The largest absolute Gasteiger partial charge is 0.346 e. The van der Waals surface area contributed by atoms with E-state index in [1.165, 1.54) is 21.8 Å². The smallest absolute Gasteiger partial charge is 0.251 e. The van der Waals surface area contributed by atoms with Crippen LogP contribution in [0, 0.1) is 0 Å². The minimum absolute atomic E-state index is 0.0696. The van der Waals surface area contributed by atoms with Gasteiger partial charge in [-0.3, -0.25) is 4.79 Å². The summed E-state index contributed by atoms with van der Waals surface area (Å²) in [4.78, 5) is 12.6. The first kappa shape index (κ1) is 17.8. The van der Waals surface area contributed by atoms with Gasteiger partial charge in [0, 0.05) is 38.4 Å². The average molecular weight is 421 g/mol. The zero-order valence-corrected chi connectivity index (χ0v) is 17.0. The van der Waals surface area contributed by atoms with Crippen LogP contribution in [0.1, 0.15) is 35.8 Å². The van der Waals surface area contributed by atoms with E-state index < -0.39 is 0 Å². The molecule has 0 radical (unpaired) electrons. The van der Waals surface area contributed by atoms with Crippen molar-refractivity contribution in [1.82, 2.24) is 9.88 Å². The maximum Gasteiger partial charge on any atom is 0.251 e. The van der Waals surface area contributed by atoms with Crippen LogP contribution in [-0.4, -0.2) is 10.5 Å². The number of hydrogen-bond acceptors (Lipinski definition) is 1. The van der Waals surface area contributed by atoms with Crippen LogP contribution in [-0.2, 0) is 6.54 Å². The number of nitrogens with zero attached hydrogens (tertiary/aromatic N) is 1. The Bertz CT molecular complexity index is 1150. The van der Waals surface area contributed by atoms with E-state index >= 15 is 0 Å². The number of rotatable bonds is 4. The summed E-state index contributed by atoms with van der Waals surface area (Å²) in [6.45, 7) is 5.12. The van der Waals surface area contributed by atoms with Crippen LogP contribution in [0.25, 0.3) is 21.8 Å². The molecule has 1 N–H and O–H groups in total. The molecule has 0 unspecified atom stereocenters. The third-order valence-corrected chi connectivity index (χ3v) is 5.54. The second-order valence-electron chi connectivity index (χ2n) is 6.74. The standard InChI is InChI=1S/C23H21BrN2O/c1-3-26-21-10-5-4-9-19(21)20-14-16(11-12-22(20)26)15(2)25-23(27)17-7-6-8-18(24)13-17/h4-15H,3H2,1-2H3,(H,25,27)/t15-/m0/s1. The van der Waals surface area contributed by atoms with E-state index in [2.05, 4.69) is 75.2 Å². The highest BCUT2D eigenvalue weighted by atomic mass is 79.9. The van der Waals surface area contributed by atoms with Crippen LogP contribution in [0.3, 0.4) is 0 Å². The second-order valence-corrected chi connectivity index (χ2v) is 7.66. The number of halogens is 1. The van der Waals surface area contributed by atoms with E-state index in [-0.39, 0.29) is 11.9 Å². The van der Waals surface area contributed by atoms with Gasteiger partial charge in [-0.1, -0.05) is 46.3 Å². The van der Waals surface area contributed by atoms with Crippen molar-refractivity contribution in [1.29, 1.82) is 0 Å². The number of carbonyl (C=O) groups is 1. The van der Waals surface area contributed by atoms with E-state index in [4.69, 9.17) is 0 Å². The minimum Gasteiger partial charge on any atom is -0.346 e. The average Bonchev–Trinajstić information content (AvgIpc) is 3.01. The molecule has 27 heavy (non-hydrogen) atoms. The molecular weight excluding hydrogens is 400 g/mol. The highest BCUT2D eigenvalue weighted by Crippen LogP contribution is 2.31. The van der Waals surface area contributed by atoms with Gasteiger partial charge in [-0.2, -0.15) is 0 Å². The number of hydrogen-bond donors (Lipinski definition) is 1. The molecule has 0 aliphatic carbocycles. The van der Waals surface area contributed by atoms with Crippen molar-refractivity contribution >= 4 is 43.6 Å². The zero-order chi connectivity index (χ0) is 19.0. The molecule has 4 rings (SSSR count). The second kappa shape index (κ2) is 7.20. The molecule has 3 aromatic carbocycles. The van der Waals surface area contributed by atoms with Crippen LogP contribution in [0.5, 0.6) is 0 Å². The van der Waals surface area contributed by atoms with Gasteiger partial charge in [0.1, 0.15) is 0 Å². The summed E-state index contributed by atoms with van der Waals surface area (Å²) >= 11 is 3.42. The lowest BCUT2D eigenvalue weighted by atomic mass is 10.0. The van der Waals surface area contributed by atoms with Crippen molar-refractivity contribution in [2.24, 2.45) is 0 Å². The fourth-order valence-corrected chi connectivity index (χ4v) is 4.07. The van der Waals surface area contributed by atoms with Gasteiger partial charge in [0.2, 0.25) is 0 Å². The summed E-state index contributed by atoms with van der Waals surface area (Å²) in [6.07, 6.45) is 0. The molecule has 4 heteroatoms. The van der Waals surface area contributed by atoms with Gasteiger partial charge in [-0.05, 0) is 55.8 Å². The van der Waals surface area contributed by atoms with E-state index in [9.17, 15) is 4.79 Å². The lowest BCUT2D eigenvalue weighted by Crippen LogP contribution is -2.26. The summed E-state index contributed by atoms with van der Waals surface area (Å²) < 4.78 is 3.23. The van der Waals surface area contributed by atoms with Crippen LogP contribution in [0.4, 0.5) is 0 Å². The highest BCUT2D eigenvalue weighted by molar-refractivity contribution is 9.10. The van der Waals surface area contributed by atoms with Gasteiger partial charge in [-0.15, -0.1) is 0 Å². The monoisotopic (exact) mass is 420 g/mol. The van der Waals surface area contributed by atoms with Gasteiger partial charge < -0.3 is 9.88 Å².